The van der Waals surface area contributed by atoms with Gasteiger partial charge in [-0.3, -0.25) is 9.59 Å². The summed E-state index contributed by atoms with van der Waals surface area (Å²) >= 11 is 0. The van der Waals surface area contributed by atoms with Gasteiger partial charge in [-0.25, -0.2) is 0 Å². The number of hydrogen-bond donors (Lipinski definition) is 3. The Morgan fingerprint density at radius 3 is 2.76 bits per heavy atom. The molecule has 0 spiro atoms. The lowest BCUT2D eigenvalue weighted by atomic mass is 10.1. The standard InChI is InChI=1S/C11H19N3O3/c15-10-5-9(6-13-10)12-7-11(16)14-8-1-3-17-4-2-8/h8-9,12H,1-7H2,(H,13,15)(H,14,16). The van der Waals surface area contributed by atoms with Crippen molar-refractivity contribution in [2.45, 2.75) is 31.3 Å². The lowest BCUT2D eigenvalue weighted by Gasteiger charge is -2.23. The van der Waals surface area contributed by atoms with Gasteiger partial charge in [0.15, 0.2) is 0 Å². The largest absolute Gasteiger partial charge is 0.381 e. The molecule has 0 radical (unpaired) electrons. The van der Waals surface area contributed by atoms with Gasteiger partial charge >= 0.3 is 0 Å². The van der Waals surface area contributed by atoms with Crippen LogP contribution in [-0.4, -0.2) is 50.2 Å². The van der Waals surface area contributed by atoms with Crippen molar-refractivity contribution in [2.24, 2.45) is 0 Å². The van der Waals surface area contributed by atoms with Gasteiger partial charge in [-0.15, -0.1) is 0 Å². The van der Waals surface area contributed by atoms with E-state index in [2.05, 4.69) is 16.0 Å². The van der Waals surface area contributed by atoms with Gasteiger partial charge in [-0.05, 0) is 12.8 Å². The predicted molar refractivity (Wildman–Crippen MR) is 61.4 cm³/mol. The predicted octanol–water partition coefficient (Wildman–Crippen LogP) is -1.24. The highest BCUT2D eigenvalue weighted by Crippen LogP contribution is 2.05. The van der Waals surface area contributed by atoms with Crippen molar-refractivity contribution >= 4 is 11.8 Å². The Hall–Kier alpha value is -1.14. The molecule has 96 valence electrons. The molecule has 0 aromatic heterocycles. The maximum absolute atomic E-state index is 11.6. The molecule has 2 heterocycles. The first-order valence-electron chi connectivity index (χ1n) is 6.11. The van der Waals surface area contributed by atoms with Gasteiger partial charge < -0.3 is 20.7 Å². The molecule has 6 nitrogen and oxygen atoms in total. The lowest BCUT2D eigenvalue weighted by Crippen LogP contribution is -2.45. The first kappa shape index (κ1) is 12.3. The summed E-state index contributed by atoms with van der Waals surface area (Å²) in [5.74, 6) is 0.0450. The smallest absolute Gasteiger partial charge is 0.234 e. The monoisotopic (exact) mass is 241 g/mol. The molecule has 2 amide bonds. The molecule has 3 N–H and O–H groups in total. The van der Waals surface area contributed by atoms with Gasteiger partial charge in [0.05, 0.1) is 6.54 Å². The van der Waals surface area contributed by atoms with Crippen LogP contribution in [0.3, 0.4) is 0 Å². The van der Waals surface area contributed by atoms with E-state index in [9.17, 15) is 9.59 Å². The maximum atomic E-state index is 11.6. The van der Waals surface area contributed by atoms with Crippen LogP contribution >= 0.6 is 0 Å². The summed E-state index contributed by atoms with van der Waals surface area (Å²) in [6.45, 7) is 2.33. The second-order valence-corrected chi connectivity index (χ2v) is 4.54. The molecule has 0 saturated carbocycles. The molecule has 0 aromatic rings. The molecule has 2 fully saturated rings. The molecular weight excluding hydrogens is 222 g/mol. The highest BCUT2D eigenvalue weighted by molar-refractivity contribution is 5.80. The third kappa shape index (κ3) is 3.98. The summed E-state index contributed by atoms with van der Waals surface area (Å²) in [6, 6.07) is 0.323. The Kier molecular flexibility index (Phi) is 4.33. The van der Waals surface area contributed by atoms with Gasteiger partial charge in [0, 0.05) is 38.3 Å². The molecule has 2 aliphatic heterocycles. The van der Waals surface area contributed by atoms with Crippen LogP contribution in [0.15, 0.2) is 0 Å². The Labute approximate surface area is 100 Å². The van der Waals surface area contributed by atoms with E-state index >= 15 is 0 Å². The minimum Gasteiger partial charge on any atom is -0.381 e. The molecule has 0 aliphatic carbocycles. The number of ether oxygens (including phenoxy) is 1. The quantitative estimate of drug-likeness (QED) is 0.575. The molecule has 2 saturated heterocycles. The third-order valence-corrected chi connectivity index (χ3v) is 3.12. The van der Waals surface area contributed by atoms with Crippen molar-refractivity contribution in [3.05, 3.63) is 0 Å². The van der Waals surface area contributed by atoms with Crippen molar-refractivity contribution in [3.63, 3.8) is 0 Å². The van der Waals surface area contributed by atoms with Crippen LogP contribution in [0.5, 0.6) is 0 Å². The maximum Gasteiger partial charge on any atom is 0.234 e. The zero-order valence-electron chi connectivity index (χ0n) is 9.83. The molecule has 2 rings (SSSR count). The molecule has 1 atom stereocenters. The first-order valence-corrected chi connectivity index (χ1v) is 6.11. The van der Waals surface area contributed by atoms with Gasteiger partial charge in [-0.2, -0.15) is 0 Å². The summed E-state index contributed by atoms with van der Waals surface area (Å²) in [5, 5.41) is 8.77. The Bertz CT molecular complexity index is 290. The normalized spacial score (nSPS) is 25.6. The van der Waals surface area contributed by atoms with Crippen molar-refractivity contribution in [2.75, 3.05) is 26.3 Å². The first-order chi connectivity index (χ1) is 8.24. The fourth-order valence-electron chi connectivity index (χ4n) is 2.11. The zero-order valence-corrected chi connectivity index (χ0v) is 9.83. The van der Waals surface area contributed by atoms with Crippen molar-refractivity contribution in [1.82, 2.24) is 16.0 Å². The Morgan fingerprint density at radius 1 is 1.35 bits per heavy atom. The SMILES string of the molecule is O=C1CC(NCC(=O)NC2CCOCC2)CN1. The number of rotatable bonds is 4. The molecule has 2 aliphatic rings. The Morgan fingerprint density at radius 2 is 2.12 bits per heavy atom. The van der Waals surface area contributed by atoms with Crippen molar-refractivity contribution in [1.29, 1.82) is 0 Å². The van der Waals surface area contributed by atoms with Crippen LogP contribution < -0.4 is 16.0 Å². The summed E-state index contributed by atoms with van der Waals surface area (Å²) in [4.78, 5) is 22.6. The average Bonchev–Trinajstić information content (AvgIpc) is 2.74. The lowest BCUT2D eigenvalue weighted by molar-refractivity contribution is -0.122. The summed E-state index contributed by atoms with van der Waals surface area (Å²) in [5.41, 5.74) is 0. The summed E-state index contributed by atoms with van der Waals surface area (Å²) < 4.78 is 5.22. The molecule has 0 aromatic carbocycles. The molecule has 6 heteroatoms. The fraction of sp³-hybridized carbons (Fsp3) is 0.818. The summed E-state index contributed by atoms with van der Waals surface area (Å²) in [7, 11) is 0. The molecule has 1 unspecified atom stereocenters. The van der Waals surface area contributed by atoms with Crippen molar-refractivity contribution in [3.8, 4) is 0 Å². The topological polar surface area (TPSA) is 79.5 Å². The average molecular weight is 241 g/mol. The highest BCUT2D eigenvalue weighted by atomic mass is 16.5. The highest BCUT2D eigenvalue weighted by Gasteiger charge is 2.22. The van der Waals surface area contributed by atoms with Gasteiger partial charge in [-0.1, -0.05) is 0 Å². The van der Waals surface area contributed by atoms with Crippen molar-refractivity contribution < 1.29 is 14.3 Å². The van der Waals surface area contributed by atoms with Crippen LogP contribution in [0.25, 0.3) is 0 Å². The van der Waals surface area contributed by atoms with Crippen LogP contribution in [0, 0.1) is 0 Å². The van der Waals surface area contributed by atoms with E-state index in [1.165, 1.54) is 0 Å². The van der Waals surface area contributed by atoms with E-state index in [1.807, 2.05) is 0 Å². The van der Waals surface area contributed by atoms with Gasteiger partial charge in [0.1, 0.15) is 0 Å². The third-order valence-electron chi connectivity index (χ3n) is 3.12. The van der Waals surface area contributed by atoms with Crippen LogP contribution in [0.1, 0.15) is 19.3 Å². The molecular formula is C11H19N3O3. The number of carbonyl (C=O) groups is 2. The minimum atomic E-state index is -0.00347. The van der Waals surface area contributed by atoms with Crippen LogP contribution in [0.4, 0.5) is 0 Å². The van der Waals surface area contributed by atoms with Gasteiger partial charge in [0.25, 0.3) is 0 Å². The molecule has 0 bridgehead atoms. The van der Waals surface area contributed by atoms with E-state index in [4.69, 9.17) is 4.74 Å². The van der Waals surface area contributed by atoms with Crippen LogP contribution in [0.2, 0.25) is 0 Å². The van der Waals surface area contributed by atoms with E-state index in [0.717, 1.165) is 26.1 Å². The second kappa shape index (κ2) is 5.97. The van der Waals surface area contributed by atoms with E-state index in [0.29, 0.717) is 13.0 Å². The van der Waals surface area contributed by atoms with Crippen LogP contribution in [-0.2, 0) is 14.3 Å². The number of nitrogens with one attached hydrogen (secondary N) is 3. The van der Waals surface area contributed by atoms with E-state index in [1.54, 1.807) is 0 Å². The Balaban J connectivity index is 1.61. The fourth-order valence-corrected chi connectivity index (χ4v) is 2.11. The molecule has 17 heavy (non-hydrogen) atoms. The van der Waals surface area contributed by atoms with E-state index < -0.39 is 0 Å². The number of hydrogen-bond acceptors (Lipinski definition) is 4. The van der Waals surface area contributed by atoms with E-state index in [-0.39, 0.29) is 30.4 Å². The summed E-state index contributed by atoms with van der Waals surface area (Å²) in [6.07, 6.45) is 2.23. The zero-order chi connectivity index (χ0) is 12.1. The second-order valence-electron chi connectivity index (χ2n) is 4.54. The number of carbonyl (C=O) groups excluding carboxylic acids is 2. The van der Waals surface area contributed by atoms with Gasteiger partial charge in [0.2, 0.25) is 11.8 Å². The number of amides is 2. The minimum absolute atomic E-state index is 0.00347.